The van der Waals surface area contributed by atoms with Crippen molar-refractivity contribution in [1.29, 1.82) is 0 Å². The molecule has 0 aliphatic heterocycles. The van der Waals surface area contributed by atoms with Crippen molar-refractivity contribution in [3.05, 3.63) is 54.2 Å². The predicted octanol–water partition coefficient (Wildman–Crippen LogP) is 1.31. The summed E-state index contributed by atoms with van der Waals surface area (Å²) in [7, 11) is 1.88. The van der Waals surface area contributed by atoms with E-state index < -0.39 is 0 Å². The SMILES string of the molecule is Cn1ccn2ncc(C(=O)N[C@H](c3ccccn3)C3CC(O)C3)c12. The second-order valence-corrected chi connectivity index (χ2v) is 6.33. The van der Waals surface area contributed by atoms with Crippen molar-refractivity contribution in [2.45, 2.75) is 25.0 Å². The van der Waals surface area contributed by atoms with Gasteiger partial charge in [0.05, 0.1) is 24.0 Å². The van der Waals surface area contributed by atoms with Crippen LogP contribution in [0.5, 0.6) is 0 Å². The summed E-state index contributed by atoms with van der Waals surface area (Å²) in [6.45, 7) is 0. The zero-order chi connectivity index (χ0) is 16.7. The van der Waals surface area contributed by atoms with Crippen molar-refractivity contribution < 1.29 is 9.90 Å². The lowest BCUT2D eigenvalue weighted by atomic mass is 9.76. The molecule has 1 fully saturated rings. The number of aliphatic hydroxyl groups is 1. The molecule has 3 heterocycles. The number of nitrogens with zero attached hydrogens (tertiary/aromatic N) is 4. The minimum absolute atomic E-state index is 0.177. The summed E-state index contributed by atoms with van der Waals surface area (Å²) in [4.78, 5) is 17.2. The van der Waals surface area contributed by atoms with Gasteiger partial charge in [0.1, 0.15) is 11.2 Å². The van der Waals surface area contributed by atoms with Gasteiger partial charge in [0.15, 0.2) is 0 Å². The van der Waals surface area contributed by atoms with Gasteiger partial charge in [-0.05, 0) is 30.9 Å². The molecule has 24 heavy (non-hydrogen) atoms. The Morgan fingerprint density at radius 1 is 1.38 bits per heavy atom. The first-order valence-corrected chi connectivity index (χ1v) is 8.02. The first-order chi connectivity index (χ1) is 11.6. The number of aliphatic hydroxyl groups excluding tert-OH is 1. The highest BCUT2D eigenvalue weighted by atomic mass is 16.3. The average molecular weight is 325 g/mol. The van der Waals surface area contributed by atoms with E-state index in [9.17, 15) is 9.90 Å². The molecule has 3 aromatic heterocycles. The Morgan fingerprint density at radius 3 is 2.92 bits per heavy atom. The number of nitrogens with one attached hydrogen (secondary N) is 1. The third-order valence-corrected chi connectivity index (χ3v) is 4.69. The minimum atomic E-state index is -0.283. The number of fused-ring (bicyclic) bond motifs is 1. The molecule has 1 aliphatic carbocycles. The highest BCUT2D eigenvalue weighted by Gasteiger charge is 2.36. The third kappa shape index (κ3) is 2.46. The number of carbonyl (C=O) groups is 1. The van der Waals surface area contributed by atoms with E-state index in [1.807, 2.05) is 42.2 Å². The van der Waals surface area contributed by atoms with Gasteiger partial charge in [-0.3, -0.25) is 9.78 Å². The van der Waals surface area contributed by atoms with E-state index in [4.69, 9.17) is 0 Å². The maximum absolute atomic E-state index is 12.8. The number of aryl methyl sites for hydroxylation is 1. The summed E-state index contributed by atoms with van der Waals surface area (Å²) >= 11 is 0. The van der Waals surface area contributed by atoms with Crippen molar-refractivity contribution in [3.63, 3.8) is 0 Å². The monoisotopic (exact) mass is 325 g/mol. The van der Waals surface area contributed by atoms with Crippen LogP contribution in [-0.4, -0.2) is 36.3 Å². The highest BCUT2D eigenvalue weighted by Crippen LogP contribution is 2.37. The molecule has 1 atom stereocenters. The number of hydrogen-bond acceptors (Lipinski definition) is 4. The number of amides is 1. The lowest BCUT2D eigenvalue weighted by Crippen LogP contribution is -2.41. The largest absolute Gasteiger partial charge is 0.393 e. The van der Waals surface area contributed by atoms with Crippen LogP contribution in [0.4, 0.5) is 0 Å². The van der Waals surface area contributed by atoms with Crippen LogP contribution in [0, 0.1) is 5.92 Å². The Balaban J connectivity index is 1.62. The molecule has 2 N–H and O–H groups in total. The fraction of sp³-hybridized carbons (Fsp3) is 0.353. The zero-order valence-electron chi connectivity index (χ0n) is 13.3. The van der Waals surface area contributed by atoms with Crippen LogP contribution in [0.3, 0.4) is 0 Å². The van der Waals surface area contributed by atoms with E-state index in [0.717, 1.165) is 11.3 Å². The molecule has 0 unspecified atom stereocenters. The minimum Gasteiger partial charge on any atom is -0.393 e. The molecule has 4 rings (SSSR count). The molecule has 7 heteroatoms. The maximum atomic E-state index is 12.8. The number of hydrogen-bond donors (Lipinski definition) is 2. The molecule has 3 aromatic rings. The molecule has 0 bridgehead atoms. The Morgan fingerprint density at radius 2 is 2.21 bits per heavy atom. The lowest BCUT2D eigenvalue weighted by molar-refractivity contribution is 0.0228. The fourth-order valence-corrected chi connectivity index (χ4v) is 3.32. The van der Waals surface area contributed by atoms with Gasteiger partial charge in [-0.25, -0.2) is 4.52 Å². The second kappa shape index (κ2) is 5.76. The first kappa shape index (κ1) is 14.9. The second-order valence-electron chi connectivity index (χ2n) is 6.33. The molecule has 0 spiro atoms. The standard InChI is InChI=1S/C17H19N5O2/c1-21-6-7-22-17(21)13(10-19-22)16(24)20-15(11-8-12(23)9-11)14-4-2-3-5-18-14/h2-7,10-12,15,23H,8-9H2,1H3,(H,20,24)/t11?,12?,15-/m0/s1. The number of rotatable bonds is 4. The predicted molar refractivity (Wildman–Crippen MR) is 87.3 cm³/mol. The summed E-state index contributed by atoms with van der Waals surface area (Å²) in [5.41, 5.74) is 2.10. The number of pyridine rings is 1. The van der Waals surface area contributed by atoms with Crippen molar-refractivity contribution >= 4 is 11.6 Å². The van der Waals surface area contributed by atoms with Crippen molar-refractivity contribution in [3.8, 4) is 0 Å². The molecular weight excluding hydrogens is 306 g/mol. The van der Waals surface area contributed by atoms with Crippen LogP contribution < -0.4 is 5.32 Å². The van der Waals surface area contributed by atoms with Gasteiger partial charge in [-0.1, -0.05) is 6.07 Å². The van der Waals surface area contributed by atoms with E-state index in [1.54, 1.807) is 16.9 Å². The molecular formula is C17H19N5O2. The maximum Gasteiger partial charge on any atom is 0.257 e. The summed E-state index contributed by atoms with van der Waals surface area (Å²) in [5.74, 6) is 0.0159. The molecule has 7 nitrogen and oxygen atoms in total. The highest BCUT2D eigenvalue weighted by molar-refractivity contribution is 6.00. The van der Waals surface area contributed by atoms with E-state index in [2.05, 4.69) is 15.4 Å². The van der Waals surface area contributed by atoms with Gasteiger partial charge < -0.3 is 15.0 Å². The van der Waals surface area contributed by atoms with Crippen molar-refractivity contribution in [2.75, 3.05) is 0 Å². The van der Waals surface area contributed by atoms with Crippen LogP contribution in [0.2, 0.25) is 0 Å². The Hall–Kier alpha value is -2.67. The van der Waals surface area contributed by atoms with E-state index in [1.165, 1.54) is 0 Å². The lowest BCUT2D eigenvalue weighted by Gasteiger charge is -2.37. The molecule has 124 valence electrons. The topological polar surface area (TPSA) is 84.5 Å². The van der Waals surface area contributed by atoms with E-state index in [0.29, 0.717) is 18.4 Å². The number of aromatic nitrogens is 4. The van der Waals surface area contributed by atoms with Gasteiger partial charge in [-0.2, -0.15) is 5.10 Å². The van der Waals surface area contributed by atoms with Crippen LogP contribution in [0.25, 0.3) is 5.65 Å². The summed E-state index contributed by atoms with van der Waals surface area (Å²) in [6.07, 6.45) is 8.04. The van der Waals surface area contributed by atoms with Gasteiger partial charge in [0.25, 0.3) is 5.91 Å². The van der Waals surface area contributed by atoms with Crippen LogP contribution in [0.1, 0.15) is 34.9 Å². The third-order valence-electron chi connectivity index (χ3n) is 4.69. The van der Waals surface area contributed by atoms with Gasteiger partial charge in [0.2, 0.25) is 0 Å². The van der Waals surface area contributed by atoms with Gasteiger partial charge >= 0.3 is 0 Å². The first-order valence-electron chi connectivity index (χ1n) is 8.02. The van der Waals surface area contributed by atoms with Crippen molar-refractivity contribution in [1.82, 2.24) is 24.5 Å². The van der Waals surface area contributed by atoms with Crippen LogP contribution >= 0.6 is 0 Å². The molecule has 1 amide bonds. The Bertz CT molecular complexity index is 864. The molecule has 0 radical (unpaired) electrons. The van der Waals surface area contributed by atoms with Gasteiger partial charge in [-0.15, -0.1) is 0 Å². The normalized spacial score (nSPS) is 21.4. The average Bonchev–Trinajstić information content (AvgIpc) is 3.14. The van der Waals surface area contributed by atoms with Crippen molar-refractivity contribution in [2.24, 2.45) is 13.0 Å². The number of carbonyl (C=O) groups excluding carboxylic acids is 1. The van der Waals surface area contributed by atoms with Crippen LogP contribution in [-0.2, 0) is 7.05 Å². The molecule has 0 saturated heterocycles. The zero-order valence-corrected chi connectivity index (χ0v) is 13.3. The molecule has 1 aliphatic rings. The van der Waals surface area contributed by atoms with E-state index >= 15 is 0 Å². The summed E-state index contributed by atoms with van der Waals surface area (Å²) < 4.78 is 3.54. The van der Waals surface area contributed by atoms with E-state index in [-0.39, 0.29) is 24.0 Å². The van der Waals surface area contributed by atoms with Gasteiger partial charge in [0, 0.05) is 25.6 Å². The molecule has 0 aromatic carbocycles. The summed E-state index contributed by atoms with van der Waals surface area (Å²) in [6, 6.07) is 5.46. The quantitative estimate of drug-likeness (QED) is 0.757. The smallest absolute Gasteiger partial charge is 0.257 e. The Labute approximate surface area is 138 Å². The molecule has 1 saturated carbocycles. The summed E-state index contributed by atoms with van der Waals surface area (Å²) in [5, 5.41) is 16.9. The number of imidazole rings is 1. The Kier molecular flexibility index (Phi) is 3.57. The van der Waals surface area contributed by atoms with Crippen LogP contribution in [0.15, 0.2) is 43.0 Å². The fourth-order valence-electron chi connectivity index (χ4n) is 3.32.